The van der Waals surface area contributed by atoms with Crippen LogP contribution in [0.3, 0.4) is 0 Å². The van der Waals surface area contributed by atoms with Gasteiger partial charge in [0.15, 0.2) is 0 Å². The number of hydrogen-bond donors (Lipinski definition) is 1. The zero-order valence-corrected chi connectivity index (χ0v) is 34.1. The number of quaternary nitrogens is 1. The van der Waals surface area contributed by atoms with E-state index in [0.717, 1.165) is 12.8 Å². The average molecular weight is 680 g/mol. The first-order chi connectivity index (χ1) is 23.6. The van der Waals surface area contributed by atoms with E-state index in [1.165, 1.54) is 238 Å². The fraction of sp³-hybridized carbons (Fsp3) is 0.978. The Balaban J connectivity index is 0. The van der Waals surface area contributed by atoms with Crippen LogP contribution in [-0.4, -0.2) is 25.6 Å². The minimum atomic E-state index is -0.943. The molecule has 0 bridgehead atoms. The van der Waals surface area contributed by atoms with Crippen molar-refractivity contribution in [3.05, 3.63) is 0 Å². The van der Waals surface area contributed by atoms with Gasteiger partial charge in [0.1, 0.15) is 0 Å². The van der Waals surface area contributed by atoms with Crippen molar-refractivity contribution < 1.29 is 14.8 Å². The summed E-state index contributed by atoms with van der Waals surface area (Å²) in [5.41, 5.74) is 0. The molecule has 0 aliphatic carbocycles. The molecule has 0 amide bonds. The summed E-state index contributed by atoms with van der Waals surface area (Å²) >= 11 is 0. The number of hydrogen-bond acceptors (Lipinski definition) is 2. The average Bonchev–Trinajstić information content (AvgIpc) is 3.09. The van der Waals surface area contributed by atoms with Crippen molar-refractivity contribution >= 4 is 5.97 Å². The highest BCUT2D eigenvalue weighted by atomic mass is 16.4. The maximum atomic E-state index is 9.65. The number of rotatable bonds is 40. The largest absolute Gasteiger partial charge is 0.550 e. The van der Waals surface area contributed by atoms with Crippen LogP contribution in [0.1, 0.15) is 265 Å². The van der Waals surface area contributed by atoms with Crippen LogP contribution in [0, 0.1) is 0 Å². The first-order valence-electron chi connectivity index (χ1n) is 22.7. The van der Waals surface area contributed by atoms with Crippen molar-refractivity contribution in [3.8, 4) is 0 Å². The second-order valence-corrected chi connectivity index (χ2v) is 15.4. The van der Waals surface area contributed by atoms with E-state index in [4.69, 9.17) is 0 Å². The molecule has 0 radical (unpaired) electrons. The van der Waals surface area contributed by atoms with Gasteiger partial charge in [-0.05, 0) is 44.9 Å². The van der Waals surface area contributed by atoms with Gasteiger partial charge in [0.25, 0.3) is 0 Å². The molecule has 0 aromatic heterocycles. The minimum absolute atomic E-state index is 0.205. The lowest BCUT2D eigenvalue weighted by Gasteiger charge is -2.19. The number of carboxylic acids is 1. The summed E-state index contributed by atoms with van der Waals surface area (Å²) < 4.78 is 0. The summed E-state index contributed by atoms with van der Waals surface area (Å²) in [6.45, 7) is 13.2. The second kappa shape index (κ2) is 46.4. The van der Waals surface area contributed by atoms with E-state index in [1.54, 1.807) is 0 Å². The molecule has 0 aliphatic heterocycles. The number of carbonyl (C=O) groups excluding carboxylic acids is 1. The first-order valence-corrected chi connectivity index (χ1v) is 22.7. The molecule has 290 valence electrons. The molecule has 0 atom stereocenters. The lowest BCUT2D eigenvalue weighted by atomic mass is 10.0. The minimum Gasteiger partial charge on any atom is -0.550 e. The summed E-state index contributed by atoms with van der Waals surface area (Å²) in [7, 11) is 0. The van der Waals surface area contributed by atoms with Crippen molar-refractivity contribution in [2.24, 2.45) is 0 Å². The smallest absolute Gasteiger partial charge is 0.0770 e. The quantitative estimate of drug-likeness (QED) is 0.0655. The van der Waals surface area contributed by atoms with Gasteiger partial charge in [0.05, 0.1) is 19.6 Å². The van der Waals surface area contributed by atoms with Gasteiger partial charge in [-0.1, -0.05) is 220 Å². The summed E-state index contributed by atoms with van der Waals surface area (Å²) in [4.78, 5) is 11.6. The van der Waals surface area contributed by atoms with Gasteiger partial charge < -0.3 is 14.8 Å². The lowest BCUT2D eigenvalue weighted by Crippen LogP contribution is -3.12. The summed E-state index contributed by atoms with van der Waals surface area (Å²) in [5, 5.41) is 9.65. The molecular formula is C45H93NO2. The maximum absolute atomic E-state index is 9.65. The lowest BCUT2D eigenvalue weighted by molar-refractivity contribution is -0.900. The molecule has 0 spiro atoms. The fourth-order valence-corrected chi connectivity index (χ4v) is 6.97. The number of carbonyl (C=O) groups is 1. The Labute approximate surface area is 305 Å². The van der Waals surface area contributed by atoms with E-state index in [1.807, 2.05) is 11.8 Å². The molecule has 0 aliphatic rings. The highest BCUT2D eigenvalue weighted by molar-refractivity contribution is 5.63. The van der Waals surface area contributed by atoms with Gasteiger partial charge in [-0.15, -0.1) is 0 Å². The Bertz CT molecular complexity index is 529. The predicted octanol–water partition coefficient (Wildman–Crippen LogP) is 13.1. The van der Waals surface area contributed by atoms with Gasteiger partial charge in [-0.2, -0.15) is 0 Å². The summed E-state index contributed by atoms with van der Waals surface area (Å²) in [6, 6.07) is 0. The van der Waals surface area contributed by atoms with E-state index >= 15 is 0 Å². The predicted molar refractivity (Wildman–Crippen MR) is 214 cm³/mol. The highest BCUT2D eigenvalue weighted by Gasteiger charge is 2.07. The number of nitrogens with one attached hydrogen (secondary N) is 1. The molecule has 0 aromatic rings. The van der Waals surface area contributed by atoms with Crippen LogP contribution in [0.2, 0.25) is 0 Å². The van der Waals surface area contributed by atoms with Crippen LogP contribution in [0.4, 0.5) is 0 Å². The molecule has 0 fully saturated rings. The standard InChI is InChI=1S/C40H83N.C5H10O2/c1-4-7-10-12-14-16-18-20-22-24-26-28-30-32-34-36-39-41(38-9-6-3)40-37-35-33-31-29-27-25-23-21-19-17-15-13-11-8-5-2;1-2-3-4-5(6)7/h4-40H2,1-3H3;2-4H2,1H3,(H,6,7). The van der Waals surface area contributed by atoms with Gasteiger partial charge in [-0.25, -0.2) is 0 Å². The van der Waals surface area contributed by atoms with E-state index in [0.29, 0.717) is 0 Å². The molecular weight excluding hydrogens is 587 g/mol. The zero-order chi connectivity index (χ0) is 35.4. The highest BCUT2D eigenvalue weighted by Crippen LogP contribution is 2.15. The van der Waals surface area contributed by atoms with Crippen molar-refractivity contribution in [3.63, 3.8) is 0 Å². The third-order valence-electron chi connectivity index (χ3n) is 10.4. The van der Waals surface area contributed by atoms with Crippen molar-refractivity contribution in [2.75, 3.05) is 19.6 Å². The Morgan fingerprint density at radius 1 is 0.312 bits per heavy atom. The first kappa shape index (κ1) is 49.5. The Morgan fingerprint density at radius 2 is 0.521 bits per heavy atom. The van der Waals surface area contributed by atoms with Gasteiger partial charge in [0, 0.05) is 5.97 Å². The molecule has 0 rings (SSSR count). The topological polar surface area (TPSA) is 44.6 Å². The fourth-order valence-electron chi connectivity index (χ4n) is 6.97. The molecule has 3 nitrogen and oxygen atoms in total. The number of aliphatic carboxylic acids is 1. The molecule has 0 saturated heterocycles. The van der Waals surface area contributed by atoms with Gasteiger partial charge in [0.2, 0.25) is 0 Å². The van der Waals surface area contributed by atoms with Crippen LogP contribution >= 0.6 is 0 Å². The van der Waals surface area contributed by atoms with Crippen LogP contribution in [0.25, 0.3) is 0 Å². The maximum Gasteiger partial charge on any atom is 0.0770 e. The second-order valence-electron chi connectivity index (χ2n) is 15.4. The van der Waals surface area contributed by atoms with E-state index in [9.17, 15) is 9.90 Å². The SMILES string of the molecule is CCCCC(=O)[O-].CCCCCCCCCCCCCCCCCC[NH+](CCCC)CCCCCCCCCCCCCCCCCC. The van der Waals surface area contributed by atoms with Crippen molar-refractivity contribution in [1.29, 1.82) is 0 Å². The molecule has 0 unspecified atom stereocenters. The van der Waals surface area contributed by atoms with Crippen LogP contribution in [0.15, 0.2) is 0 Å². The number of unbranched alkanes of at least 4 members (excludes halogenated alkanes) is 32. The third kappa shape index (κ3) is 47.5. The van der Waals surface area contributed by atoms with E-state index < -0.39 is 5.97 Å². The third-order valence-corrected chi connectivity index (χ3v) is 10.4. The van der Waals surface area contributed by atoms with Crippen LogP contribution < -0.4 is 10.0 Å². The molecule has 3 heteroatoms. The molecule has 0 saturated carbocycles. The Morgan fingerprint density at radius 3 is 0.729 bits per heavy atom. The summed E-state index contributed by atoms with van der Waals surface area (Å²) in [5.74, 6) is -0.943. The van der Waals surface area contributed by atoms with E-state index in [2.05, 4.69) is 20.8 Å². The number of carboxylic acid groups (broad SMARTS) is 1. The Kier molecular flexibility index (Phi) is 47.9. The van der Waals surface area contributed by atoms with Gasteiger partial charge >= 0.3 is 0 Å². The molecule has 0 aromatic carbocycles. The molecule has 48 heavy (non-hydrogen) atoms. The molecule has 0 heterocycles. The Hall–Kier alpha value is -0.570. The monoisotopic (exact) mass is 680 g/mol. The van der Waals surface area contributed by atoms with Crippen molar-refractivity contribution in [2.45, 2.75) is 265 Å². The van der Waals surface area contributed by atoms with Gasteiger partial charge in [-0.3, -0.25) is 0 Å². The van der Waals surface area contributed by atoms with Crippen molar-refractivity contribution in [1.82, 2.24) is 0 Å². The van der Waals surface area contributed by atoms with E-state index in [-0.39, 0.29) is 6.42 Å². The zero-order valence-electron chi connectivity index (χ0n) is 34.1. The molecule has 1 N–H and O–H groups in total. The van der Waals surface area contributed by atoms with Crippen LogP contribution in [-0.2, 0) is 4.79 Å². The normalized spacial score (nSPS) is 11.3. The summed E-state index contributed by atoms with van der Waals surface area (Å²) in [6.07, 6.45) is 51.8. The van der Waals surface area contributed by atoms with Crippen LogP contribution in [0.5, 0.6) is 0 Å².